The van der Waals surface area contributed by atoms with Crippen LogP contribution in [0.4, 0.5) is 11.5 Å². The summed E-state index contributed by atoms with van der Waals surface area (Å²) in [6.45, 7) is 2.76. The molecule has 1 aromatic carbocycles. The maximum atomic E-state index is 13.8. The van der Waals surface area contributed by atoms with Gasteiger partial charge in [0.2, 0.25) is 10.0 Å². The molecule has 3 atom stereocenters. The third kappa shape index (κ3) is 4.05. The van der Waals surface area contributed by atoms with E-state index in [0.29, 0.717) is 34.5 Å². The normalized spacial score (nSPS) is 23.2. The van der Waals surface area contributed by atoms with Gasteiger partial charge in [-0.2, -0.15) is 0 Å². The van der Waals surface area contributed by atoms with Crippen molar-refractivity contribution in [2.75, 3.05) is 11.4 Å². The van der Waals surface area contributed by atoms with Gasteiger partial charge in [-0.1, -0.05) is 18.2 Å². The van der Waals surface area contributed by atoms with Crippen molar-refractivity contribution in [2.24, 2.45) is 11.7 Å². The Morgan fingerprint density at radius 3 is 2.61 bits per heavy atom. The number of rotatable bonds is 6. The first-order chi connectivity index (χ1) is 22.2. The Labute approximate surface area is 266 Å². The van der Waals surface area contributed by atoms with E-state index in [2.05, 4.69) is 10.6 Å². The maximum absolute atomic E-state index is 13.8. The van der Waals surface area contributed by atoms with Crippen LogP contribution < -0.4 is 14.8 Å². The molecule has 1 amide bonds. The molecule has 3 fully saturated rings. The number of aryl methyl sites for hydroxylation is 1. The number of fused-ring (bicyclic) bond motifs is 5. The number of sulfonamides is 1. The van der Waals surface area contributed by atoms with Crippen molar-refractivity contribution in [3.05, 3.63) is 71.4 Å². The molecular formula is C34H35N7O4S. The lowest BCUT2D eigenvalue weighted by atomic mass is 9.97. The summed E-state index contributed by atoms with van der Waals surface area (Å²) in [4.78, 5) is 25.9. The van der Waals surface area contributed by atoms with Crippen molar-refractivity contribution in [1.82, 2.24) is 23.8 Å². The highest BCUT2D eigenvalue weighted by atomic mass is 32.2. The number of anilines is 2. The Kier molecular flexibility index (Phi) is 5.93. The summed E-state index contributed by atoms with van der Waals surface area (Å²) < 4.78 is 37.9. The van der Waals surface area contributed by atoms with Crippen LogP contribution >= 0.6 is 0 Å². The van der Waals surface area contributed by atoms with Crippen LogP contribution in [0.25, 0.3) is 28.1 Å². The molecule has 3 aliphatic heterocycles. The van der Waals surface area contributed by atoms with E-state index in [1.807, 2.05) is 52.6 Å². The van der Waals surface area contributed by atoms with E-state index in [1.165, 1.54) is 4.31 Å². The molecule has 236 valence electrons. The summed E-state index contributed by atoms with van der Waals surface area (Å²) in [5.74, 6) is 1.37. The van der Waals surface area contributed by atoms with Gasteiger partial charge in [0.1, 0.15) is 22.8 Å². The molecule has 11 nitrogen and oxygen atoms in total. The largest absolute Gasteiger partial charge is 0.482 e. The highest BCUT2D eigenvalue weighted by molar-refractivity contribution is 7.92. The second-order valence-electron chi connectivity index (χ2n) is 13.3. The molecule has 2 saturated heterocycles. The predicted octanol–water partition coefficient (Wildman–Crippen LogP) is 4.76. The monoisotopic (exact) mass is 637 g/mol. The van der Waals surface area contributed by atoms with Gasteiger partial charge >= 0.3 is 0 Å². The minimum absolute atomic E-state index is 0.0245. The topological polar surface area (TPSA) is 128 Å². The Hall–Kier alpha value is -4.42. The molecule has 4 aliphatic rings. The van der Waals surface area contributed by atoms with Crippen molar-refractivity contribution in [2.45, 2.75) is 69.5 Å². The lowest BCUT2D eigenvalue weighted by molar-refractivity contribution is 0.0726. The van der Waals surface area contributed by atoms with E-state index >= 15 is 0 Å². The van der Waals surface area contributed by atoms with Gasteiger partial charge in [-0.15, -0.1) is 0 Å². The molecule has 1 aliphatic carbocycles. The second-order valence-corrected chi connectivity index (χ2v) is 15.1. The van der Waals surface area contributed by atoms with Crippen molar-refractivity contribution < 1.29 is 17.9 Å². The fraction of sp³-hybridized carbons (Fsp3) is 0.382. The summed E-state index contributed by atoms with van der Waals surface area (Å²) in [5.41, 5.74) is 12.2. The number of carbonyl (C=O) groups excluding carboxylic acids is 1. The summed E-state index contributed by atoms with van der Waals surface area (Å²) in [6, 6.07) is 17.1. The zero-order chi connectivity index (χ0) is 31.5. The summed E-state index contributed by atoms with van der Waals surface area (Å²) in [5, 5.41) is 0.907. The number of hydrogen-bond donors (Lipinski definition) is 1. The van der Waals surface area contributed by atoms with Crippen LogP contribution in [0.5, 0.6) is 5.88 Å². The molecule has 1 saturated carbocycles. The second kappa shape index (κ2) is 9.79. The lowest BCUT2D eigenvalue weighted by Crippen LogP contribution is -2.40. The third-order valence-electron chi connectivity index (χ3n) is 10.3. The van der Waals surface area contributed by atoms with E-state index in [0.717, 1.165) is 72.3 Å². The molecule has 0 spiro atoms. The molecule has 5 aromatic rings. The minimum atomic E-state index is -3.60. The maximum Gasteiger partial charge on any atom is 0.254 e. The van der Waals surface area contributed by atoms with Crippen LogP contribution in [0.1, 0.15) is 53.7 Å². The SMILES string of the molecule is COc1cc(C(=O)N2[C@H]3CC[C@@H]2[C@H](N)C3)cc2nc(-c3cc4ccc(N5c6ccccc6CS5(=O)=O)nc4n3CC3CC3)c(C)n12. The summed E-state index contributed by atoms with van der Waals surface area (Å²) in [7, 11) is -1.99. The Morgan fingerprint density at radius 2 is 1.87 bits per heavy atom. The molecule has 0 unspecified atom stereocenters. The first kappa shape index (κ1) is 27.9. The first-order valence-electron chi connectivity index (χ1n) is 16.0. The molecule has 46 heavy (non-hydrogen) atoms. The average molecular weight is 638 g/mol. The molecule has 7 heterocycles. The van der Waals surface area contributed by atoms with Gasteiger partial charge in [-0.3, -0.25) is 9.20 Å². The molecule has 4 aromatic heterocycles. The highest BCUT2D eigenvalue weighted by Gasteiger charge is 2.47. The predicted molar refractivity (Wildman–Crippen MR) is 175 cm³/mol. The molecular weight excluding hydrogens is 602 g/mol. The number of ether oxygens (including phenoxy) is 1. The average Bonchev–Trinajstić information content (AvgIpc) is 3.27. The fourth-order valence-electron chi connectivity index (χ4n) is 7.97. The van der Waals surface area contributed by atoms with Gasteiger partial charge in [0.05, 0.1) is 29.9 Å². The number of hydrogen-bond acceptors (Lipinski definition) is 7. The number of para-hydroxylation sites is 1. The van der Waals surface area contributed by atoms with Crippen molar-refractivity contribution in [1.29, 1.82) is 0 Å². The molecule has 2 bridgehead atoms. The fourth-order valence-corrected chi connectivity index (χ4v) is 9.60. The van der Waals surface area contributed by atoms with Crippen LogP contribution in [0.3, 0.4) is 0 Å². The highest BCUT2D eigenvalue weighted by Crippen LogP contribution is 2.42. The number of imidazole rings is 1. The van der Waals surface area contributed by atoms with Crippen LogP contribution in [-0.2, 0) is 22.3 Å². The number of aromatic nitrogens is 4. The summed E-state index contributed by atoms with van der Waals surface area (Å²) >= 11 is 0. The van der Waals surface area contributed by atoms with E-state index in [4.69, 9.17) is 20.4 Å². The summed E-state index contributed by atoms with van der Waals surface area (Å²) in [6.07, 6.45) is 5.06. The number of pyridine rings is 2. The number of nitrogens with zero attached hydrogens (tertiary/aromatic N) is 6. The molecule has 9 rings (SSSR count). The third-order valence-corrected chi connectivity index (χ3v) is 12.0. The number of carbonyl (C=O) groups is 1. The van der Waals surface area contributed by atoms with Gasteiger partial charge < -0.3 is 19.9 Å². The molecule has 12 heteroatoms. The van der Waals surface area contributed by atoms with Crippen LogP contribution in [0.2, 0.25) is 0 Å². The number of benzene rings is 1. The smallest absolute Gasteiger partial charge is 0.254 e. The standard InChI is InChI=1S/C34H35N7O4S/c1-19-32(36-30-14-23(15-31(45-2)39(19)30)34(42)40-24-10-11-27(40)25(35)16-24)28-13-21-9-12-29(37-33(21)38(28)17-20-7-8-20)41-26-6-4-3-5-22(26)18-46(41,43)44/h3-6,9,12-15,20,24-25,27H,7-8,10-11,16-18,35H2,1-2H3/t24-,25+,27+/m0/s1. The minimum Gasteiger partial charge on any atom is -0.482 e. The van der Waals surface area contributed by atoms with Gasteiger partial charge in [0, 0.05) is 41.7 Å². The van der Waals surface area contributed by atoms with E-state index in [1.54, 1.807) is 19.2 Å². The Bertz CT molecular complexity index is 2200. The van der Waals surface area contributed by atoms with E-state index in [-0.39, 0.29) is 29.8 Å². The van der Waals surface area contributed by atoms with Crippen molar-refractivity contribution in [3.63, 3.8) is 0 Å². The molecule has 0 radical (unpaired) electrons. The number of amides is 1. The zero-order valence-corrected chi connectivity index (χ0v) is 26.6. The molecule has 2 N–H and O–H groups in total. The van der Waals surface area contributed by atoms with Crippen molar-refractivity contribution >= 4 is 44.1 Å². The quantitative estimate of drug-likeness (QED) is 0.284. The van der Waals surface area contributed by atoms with Gasteiger partial charge in [-0.05, 0) is 80.8 Å². The Balaban J connectivity index is 1.17. The first-order valence-corrected chi connectivity index (χ1v) is 17.6. The van der Waals surface area contributed by atoms with Crippen molar-refractivity contribution in [3.8, 4) is 17.3 Å². The van der Waals surface area contributed by atoms with Gasteiger partial charge in [0.15, 0.2) is 5.88 Å². The van der Waals surface area contributed by atoms with E-state index in [9.17, 15) is 13.2 Å². The van der Waals surface area contributed by atoms with Crippen LogP contribution in [0.15, 0.2) is 54.6 Å². The zero-order valence-electron chi connectivity index (χ0n) is 25.8. The Morgan fingerprint density at radius 1 is 1.04 bits per heavy atom. The van der Waals surface area contributed by atoms with Gasteiger partial charge in [0.25, 0.3) is 5.91 Å². The lowest BCUT2D eigenvalue weighted by Gasteiger charge is -2.23. The number of methoxy groups -OCH3 is 1. The number of nitrogens with two attached hydrogens (primary N) is 1. The van der Waals surface area contributed by atoms with Crippen LogP contribution in [0, 0.1) is 12.8 Å². The van der Waals surface area contributed by atoms with E-state index < -0.39 is 10.0 Å². The van der Waals surface area contributed by atoms with Gasteiger partial charge in [-0.25, -0.2) is 22.7 Å². The van der Waals surface area contributed by atoms with Crippen LogP contribution in [-0.4, -0.2) is 63.4 Å².